The molecule has 0 spiro atoms. The van der Waals surface area contributed by atoms with Gasteiger partial charge in [-0.15, -0.1) is 24.8 Å². The predicted octanol–water partition coefficient (Wildman–Crippen LogP) is 4.00. The van der Waals surface area contributed by atoms with Gasteiger partial charge in [0.05, 0.1) is 0 Å². The van der Waals surface area contributed by atoms with E-state index < -0.39 is 12.2 Å². The second-order valence-electron chi connectivity index (χ2n) is 4.70. The Kier molecular flexibility index (Phi) is 8.36. The average Bonchev–Trinajstić information content (AvgIpc) is 2.33. The second-order valence-corrected chi connectivity index (χ2v) is 5.11. The van der Waals surface area contributed by atoms with Crippen molar-refractivity contribution >= 4 is 36.4 Å². The number of aryl methyl sites for hydroxylation is 1. The fraction of sp³-hybridized carbons (Fsp3) is 0.538. The average molecular weight is 366 g/mol. The van der Waals surface area contributed by atoms with E-state index in [1.807, 2.05) is 0 Å². The van der Waals surface area contributed by atoms with Gasteiger partial charge in [-0.2, -0.15) is 13.2 Å². The summed E-state index contributed by atoms with van der Waals surface area (Å²) in [5.41, 5.74) is 0.756. The molecule has 1 heterocycles. The Labute approximate surface area is 139 Å². The highest BCUT2D eigenvalue weighted by molar-refractivity contribution is 6.31. The molecule has 0 unspecified atom stereocenters. The van der Waals surface area contributed by atoms with Crippen molar-refractivity contribution < 1.29 is 13.2 Å². The van der Waals surface area contributed by atoms with E-state index in [0.29, 0.717) is 31.7 Å². The molecule has 1 aliphatic rings. The normalized spacial score (nSPS) is 17.6. The van der Waals surface area contributed by atoms with Crippen LogP contribution in [0.1, 0.15) is 17.2 Å². The molecule has 0 aromatic heterocycles. The van der Waals surface area contributed by atoms with Crippen molar-refractivity contribution in [2.45, 2.75) is 19.1 Å². The van der Waals surface area contributed by atoms with Crippen LogP contribution in [-0.2, 0) is 0 Å². The molecule has 1 saturated heterocycles. The van der Waals surface area contributed by atoms with Gasteiger partial charge in [0.1, 0.15) is 6.04 Å². The van der Waals surface area contributed by atoms with Gasteiger partial charge >= 0.3 is 6.18 Å². The van der Waals surface area contributed by atoms with Crippen LogP contribution in [-0.4, -0.2) is 37.3 Å². The van der Waals surface area contributed by atoms with E-state index in [9.17, 15) is 13.2 Å². The van der Waals surface area contributed by atoms with Crippen molar-refractivity contribution in [3.63, 3.8) is 0 Å². The molecule has 0 aliphatic carbocycles. The molecule has 0 amide bonds. The Morgan fingerprint density at radius 2 is 1.76 bits per heavy atom. The minimum Gasteiger partial charge on any atom is -0.314 e. The Morgan fingerprint density at radius 3 is 2.24 bits per heavy atom. The van der Waals surface area contributed by atoms with Gasteiger partial charge < -0.3 is 5.32 Å². The zero-order valence-corrected chi connectivity index (χ0v) is 13.8. The maximum atomic E-state index is 13.4. The molecular weight excluding hydrogens is 348 g/mol. The Balaban J connectivity index is 0.00000200. The third-order valence-corrected chi connectivity index (χ3v) is 3.70. The number of benzene rings is 1. The molecule has 2 rings (SSSR count). The lowest BCUT2D eigenvalue weighted by molar-refractivity contribution is -0.188. The number of piperazine rings is 1. The minimum absolute atomic E-state index is 0. The Morgan fingerprint density at radius 1 is 1.19 bits per heavy atom. The van der Waals surface area contributed by atoms with Crippen LogP contribution < -0.4 is 5.32 Å². The van der Waals surface area contributed by atoms with Crippen LogP contribution in [0.3, 0.4) is 0 Å². The zero-order chi connectivity index (χ0) is 14.0. The molecular formula is C13H18Cl3F3N2. The van der Waals surface area contributed by atoms with E-state index in [4.69, 9.17) is 11.6 Å². The largest absolute Gasteiger partial charge is 0.408 e. The summed E-state index contributed by atoms with van der Waals surface area (Å²) in [7, 11) is 0. The van der Waals surface area contributed by atoms with Crippen molar-refractivity contribution in [2.75, 3.05) is 26.2 Å². The summed E-state index contributed by atoms with van der Waals surface area (Å²) in [5.74, 6) is 0. The van der Waals surface area contributed by atoms with E-state index in [-0.39, 0.29) is 35.4 Å². The molecule has 1 aliphatic heterocycles. The van der Waals surface area contributed by atoms with E-state index in [1.54, 1.807) is 19.1 Å². The fourth-order valence-electron chi connectivity index (χ4n) is 2.48. The Bertz CT molecular complexity index is 429. The van der Waals surface area contributed by atoms with Gasteiger partial charge in [0.2, 0.25) is 0 Å². The lowest BCUT2D eigenvalue weighted by Crippen LogP contribution is -2.49. The highest BCUT2D eigenvalue weighted by Gasteiger charge is 2.46. The van der Waals surface area contributed by atoms with Gasteiger partial charge in [0.25, 0.3) is 0 Å². The first-order valence-electron chi connectivity index (χ1n) is 6.18. The van der Waals surface area contributed by atoms with Gasteiger partial charge in [-0.3, -0.25) is 4.90 Å². The van der Waals surface area contributed by atoms with Crippen LogP contribution in [0.4, 0.5) is 13.2 Å². The summed E-state index contributed by atoms with van der Waals surface area (Å²) in [4.78, 5) is 1.45. The molecule has 1 aromatic carbocycles. The molecule has 122 valence electrons. The summed E-state index contributed by atoms with van der Waals surface area (Å²) in [6.07, 6.45) is -4.33. The summed E-state index contributed by atoms with van der Waals surface area (Å²) in [5, 5.41) is 3.24. The first-order valence-corrected chi connectivity index (χ1v) is 6.55. The maximum Gasteiger partial charge on any atom is 0.408 e. The van der Waals surface area contributed by atoms with Gasteiger partial charge in [-0.1, -0.05) is 23.7 Å². The molecule has 0 radical (unpaired) electrons. The van der Waals surface area contributed by atoms with E-state index in [1.165, 1.54) is 11.0 Å². The van der Waals surface area contributed by atoms with Crippen molar-refractivity contribution in [1.82, 2.24) is 10.2 Å². The monoisotopic (exact) mass is 364 g/mol. The number of rotatable bonds is 2. The molecule has 0 bridgehead atoms. The number of nitrogens with zero attached hydrogens (tertiary/aromatic N) is 1. The first-order chi connectivity index (χ1) is 8.91. The van der Waals surface area contributed by atoms with Crippen LogP contribution in [0.5, 0.6) is 0 Å². The third kappa shape index (κ3) is 4.89. The van der Waals surface area contributed by atoms with Gasteiger partial charge in [-0.25, -0.2) is 0 Å². The van der Waals surface area contributed by atoms with Gasteiger partial charge in [0.15, 0.2) is 0 Å². The van der Waals surface area contributed by atoms with Crippen molar-refractivity contribution in [3.8, 4) is 0 Å². The smallest absolute Gasteiger partial charge is 0.314 e. The highest BCUT2D eigenvalue weighted by Crippen LogP contribution is 2.41. The van der Waals surface area contributed by atoms with Crippen molar-refractivity contribution in [2.24, 2.45) is 0 Å². The van der Waals surface area contributed by atoms with E-state index >= 15 is 0 Å². The van der Waals surface area contributed by atoms with Crippen LogP contribution in [0.25, 0.3) is 0 Å². The van der Waals surface area contributed by atoms with Crippen LogP contribution in [0.2, 0.25) is 5.02 Å². The quantitative estimate of drug-likeness (QED) is 0.852. The first kappa shape index (κ1) is 20.8. The SMILES string of the molecule is Cc1cccc(Cl)c1[C@@H](N1CCNCC1)C(F)(F)F.Cl.Cl. The molecule has 8 heteroatoms. The van der Waals surface area contributed by atoms with Crippen molar-refractivity contribution in [1.29, 1.82) is 0 Å². The Hall–Kier alpha value is -0.200. The number of nitrogens with one attached hydrogen (secondary N) is 1. The molecule has 1 aromatic rings. The van der Waals surface area contributed by atoms with Crippen molar-refractivity contribution in [3.05, 3.63) is 34.3 Å². The lowest BCUT2D eigenvalue weighted by atomic mass is 9.98. The fourth-order valence-corrected chi connectivity index (χ4v) is 2.81. The predicted molar refractivity (Wildman–Crippen MR) is 83.9 cm³/mol. The number of alkyl halides is 3. The summed E-state index contributed by atoms with van der Waals surface area (Å²) >= 11 is 6.01. The van der Waals surface area contributed by atoms with Crippen LogP contribution in [0.15, 0.2) is 18.2 Å². The topological polar surface area (TPSA) is 15.3 Å². The molecule has 1 atom stereocenters. The number of halogens is 6. The maximum absolute atomic E-state index is 13.4. The summed E-state index contributed by atoms with van der Waals surface area (Å²) < 4.78 is 40.3. The molecule has 1 N–H and O–H groups in total. The highest BCUT2D eigenvalue weighted by atomic mass is 35.5. The molecule has 2 nitrogen and oxygen atoms in total. The van der Waals surface area contributed by atoms with E-state index in [2.05, 4.69) is 5.32 Å². The number of hydrogen-bond donors (Lipinski definition) is 1. The van der Waals surface area contributed by atoms with Crippen LogP contribution >= 0.6 is 36.4 Å². The van der Waals surface area contributed by atoms with Gasteiger partial charge in [-0.05, 0) is 24.1 Å². The van der Waals surface area contributed by atoms with Crippen LogP contribution in [0, 0.1) is 6.92 Å². The van der Waals surface area contributed by atoms with Gasteiger partial charge in [0, 0.05) is 31.2 Å². The second kappa shape index (κ2) is 8.44. The number of hydrogen-bond acceptors (Lipinski definition) is 2. The summed E-state index contributed by atoms with van der Waals surface area (Å²) in [6, 6.07) is 3.24. The third-order valence-electron chi connectivity index (χ3n) is 3.37. The standard InChI is InChI=1S/C13H16ClF3N2.2ClH/c1-9-3-2-4-10(14)11(9)12(13(15,16)17)19-7-5-18-6-8-19;;/h2-4,12,18H,5-8H2,1H3;2*1H/t12-;;/m1../s1. The molecule has 0 saturated carbocycles. The molecule has 1 fully saturated rings. The summed E-state index contributed by atoms with van der Waals surface area (Å²) in [6.45, 7) is 3.54. The zero-order valence-electron chi connectivity index (χ0n) is 11.4. The molecule has 21 heavy (non-hydrogen) atoms. The van der Waals surface area contributed by atoms with E-state index in [0.717, 1.165) is 0 Å². The lowest BCUT2D eigenvalue weighted by Gasteiger charge is -2.37. The minimum atomic E-state index is -4.33.